The number of benzene rings is 2. The van der Waals surface area contributed by atoms with Crippen LogP contribution in [0.1, 0.15) is 30.4 Å². The monoisotopic (exact) mass is 395 g/mol. The van der Waals surface area contributed by atoms with E-state index in [4.69, 9.17) is 14.0 Å². The van der Waals surface area contributed by atoms with Crippen LogP contribution in [0.25, 0.3) is 11.4 Å². The van der Waals surface area contributed by atoms with Crippen molar-refractivity contribution in [2.75, 3.05) is 7.11 Å². The van der Waals surface area contributed by atoms with Crippen molar-refractivity contribution < 1.29 is 18.8 Å². The van der Waals surface area contributed by atoms with Gasteiger partial charge in [-0.3, -0.25) is 4.79 Å². The molecule has 0 aliphatic rings. The van der Waals surface area contributed by atoms with Crippen LogP contribution in [-0.4, -0.2) is 29.3 Å². The van der Waals surface area contributed by atoms with Gasteiger partial charge in [-0.25, -0.2) is 0 Å². The number of carbonyl (C=O) groups is 1. The smallest absolute Gasteiger partial charge is 0.261 e. The second-order valence-corrected chi connectivity index (χ2v) is 6.75. The molecule has 152 valence electrons. The molecular weight excluding hydrogens is 370 g/mol. The number of methoxy groups -OCH3 is 1. The molecule has 29 heavy (non-hydrogen) atoms. The SMILES string of the molecule is CC[C@@H](Oc1cc(C)ccc1C)C(=O)NCc1nc(-c2cccc(OC)c2)no1. The van der Waals surface area contributed by atoms with Crippen LogP contribution in [0.15, 0.2) is 47.0 Å². The van der Waals surface area contributed by atoms with Crippen LogP contribution < -0.4 is 14.8 Å². The molecule has 0 aliphatic carbocycles. The van der Waals surface area contributed by atoms with Crippen LogP contribution in [0.2, 0.25) is 0 Å². The number of nitrogens with one attached hydrogen (secondary N) is 1. The van der Waals surface area contributed by atoms with Crippen molar-refractivity contribution in [1.29, 1.82) is 0 Å². The summed E-state index contributed by atoms with van der Waals surface area (Å²) in [5.41, 5.74) is 2.84. The van der Waals surface area contributed by atoms with Crippen molar-refractivity contribution in [2.45, 2.75) is 39.8 Å². The van der Waals surface area contributed by atoms with E-state index >= 15 is 0 Å². The molecule has 0 bridgehead atoms. The zero-order valence-electron chi connectivity index (χ0n) is 17.1. The molecular formula is C22H25N3O4. The third kappa shape index (κ3) is 5.13. The molecule has 1 aromatic heterocycles. The highest BCUT2D eigenvalue weighted by atomic mass is 16.5. The predicted molar refractivity (Wildman–Crippen MR) is 109 cm³/mol. The van der Waals surface area contributed by atoms with Crippen molar-refractivity contribution in [3.8, 4) is 22.9 Å². The standard InChI is InChI=1S/C22H25N3O4/c1-5-18(28-19-11-14(2)9-10-15(19)3)22(26)23-13-20-24-21(25-29-20)16-7-6-8-17(12-16)27-4/h6-12,18H,5,13H2,1-4H3,(H,23,26)/t18-/m1/s1. The molecule has 1 heterocycles. The molecule has 7 nitrogen and oxygen atoms in total. The molecule has 7 heteroatoms. The van der Waals surface area contributed by atoms with Gasteiger partial charge >= 0.3 is 0 Å². The molecule has 3 rings (SSSR count). The normalized spacial score (nSPS) is 11.7. The van der Waals surface area contributed by atoms with Crippen molar-refractivity contribution in [3.63, 3.8) is 0 Å². The topological polar surface area (TPSA) is 86.5 Å². The largest absolute Gasteiger partial charge is 0.497 e. The van der Waals surface area contributed by atoms with E-state index in [1.165, 1.54) is 0 Å². The van der Waals surface area contributed by atoms with Gasteiger partial charge in [0.15, 0.2) is 6.10 Å². The minimum absolute atomic E-state index is 0.127. The molecule has 1 amide bonds. The molecule has 1 N–H and O–H groups in total. The lowest BCUT2D eigenvalue weighted by Gasteiger charge is -2.18. The maximum absolute atomic E-state index is 12.6. The Balaban J connectivity index is 1.62. The van der Waals surface area contributed by atoms with E-state index in [1.807, 2.05) is 63.2 Å². The van der Waals surface area contributed by atoms with Crippen molar-refractivity contribution in [2.24, 2.45) is 0 Å². The summed E-state index contributed by atoms with van der Waals surface area (Å²) in [6, 6.07) is 13.3. The van der Waals surface area contributed by atoms with Crippen LogP contribution in [0.5, 0.6) is 11.5 Å². The third-order valence-corrected chi connectivity index (χ3v) is 4.49. The fourth-order valence-corrected chi connectivity index (χ4v) is 2.79. The molecule has 0 unspecified atom stereocenters. The van der Waals surface area contributed by atoms with Crippen LogP contribution in [-0.2, 0) is 11.3 Å². The first-order chi connectivity index (χ1) is 14.0. The zero-order valence-corrected chi connectivity index (χ0v) is 17.1. The van der Waals surface area contributed by atoms with Crippen molar-refractivity contribution in [3.05, 3.63) is 59.5 Å². The number of amides is 1. The van der Waals surface area contributed by atoms with Crippen LogP contribution in [0, 0.1) is 13.8 Å². The number of carbonyl (C=O) groups excluding carboxylic acids is 1. The Labute approximate surface area is 170 Å². The van der Waals surface area contributed by atoms with Gasteiger partial charge in [-0.1, -0.05) is 36.3 Å². The van der Waals surface area contributed by atoms with E-state index in [0.717, 1.165) is 16.7 Å². The molecule has 2 aromatic carbocycles. The first-order valence-corrected chi connectivity index (χ1v) is 9.48. The average molecular weight is 395 g/mol. The van der Waals surface area contributed by atoms with Crippen LogP contribution in [0.3, 0.4) is 0 Å². The van der Waals surface area contributed by atoms with E-state index in [-0.39, 0.29) is 12.5 Å². The van der Waals surface area contributed by atoms with Gasteiger partial charge in [-0.15, -0.1) is 0 Å². The van der Waals surface area contributed by atoms with E-state index in [2.05, 4.69) is 15.5 Å². The molecule has 0 aliphatic heterocycles. The Morgan fingerprint density at radius 2 is 2.03 bits per heavy atom. The Bertz CT molecular complexity index is 984. The van der Waals surface area contributed by atoms with Gasteiger partial charge in [0.1, 0.15) is 11.5 Å². The molecule has 0 saturated heterocycles. The molecule has 1 atom stereocenters. The van der Waals surface area contributed by atoms with Gasteiger partial charge in [0.05, 0.1) is 13.7 Å². The van der Waals surface area contributed by atoms with Crippen LogP contribution >= 0.6 is 0 Å². The number of nitrogens with zero attached hydrogens (tertiary/aromatic N) is 2. The van der Waals surface area contributed by atoms with Gasteiger partial charge in [0.25, 0.3) is 5.91 Å². The summed E-state index contributed by atoms with van der Waals surface area (Å²) in [6.45, 7) is 5.98. The second kappa shape index (κ2) is 9.23. The molecule has 0 radical (unpaired) electrons. The predicted octanol–water partition coefficient (Wildman–Crippen LogP) is 3.84. The van der Waals surface area contributed by atoms with Crippen molar-refractivity contribution in [1.82, 2.24) is 15.5 Å². The summed E-state index contributed by atoms with van der Waals surface area (Å²) in [4.78, 5) is 16.9. The lowest BCUT2D eigenvalue weighted by molar-refractivity contribution is -0.128. The minimum Gasteiger partial charge on any atom is -0.497 e. The summed E-state index contributed by atoms with van der Waals surface area (Å²) in [5, 5.41) is 6.78. The van der Waals surface area contributed by atoms with Gasteiger partial charge in [-0.05, 0) is 49.6 Å². The number of aryl methyl sites for hydroxylation is 2. The number of rotatable bonds is 8. The van der Waals surface area contributed by atoms with Gasteiger partial charge < -0.3 is 19.3 Å². The summed E-state index contributed by atoms with van der Waals surface area (Å²) in [7, 11) is 1.60. The Morgan fingerprint density at radius 1 is 1.21 bits per heavy atom. The minimum atomic E-state index is -0.601. The lowest BCUT2D eigenvalue weighted by atomic mass is 10.1. The van der Waals surface area contributed by atoms with Gasteiger partial charge in [0, 0.05) is 5.56 Å². The van der Waals surface area contributed by atoms with E-state index < -0.39 is 6.10 Å². The summed E-state index contributed by atoms with van der Waals surface area (Å²) in [5.74, 6) is 1.95. The summed E-state index contributed by atoms with van der Waals surface area (Å²) < 4.78 is 16.4. The quantitative estimate of drug-likeness (QED) is 0.624. The highest BCUT2D eigenvalue weighted by Gasteiger charge is 2.20. The van der Waals surface area contributed by atoms with E-state index in [1.54, 1.807) is 7.11 Å². The van der Waals surface area contributed by atoms with Gasteiger partial charge in [-0.2, -0.15) is 4.98 Å². The molecule has 0 saturated carbocycles. The fourth-order valence-electron chi connectivity index (χ4n) is 2.79. The average Bonchev–Trinajstić information content (AvgIpc) is 3.21. The first kappa shape index (κ1) is 20.4. The fraction of sp³-hybridized carbons (Fsp3) is 0.318. The number of ether oxygens (including phenoxy) is 2. The number of hydrogen-bond acceptors (Lipinski definition) is 6. The van der Waals surface area contributed by atoms with E-state index in [0.29, 0.717) is 29.6 Å². The highest BCUT2D eigenvalue weighted by Crippen LogP contribution is 2.22. The maximum Gasteiger partial charge on any atom is 0.261 e. The Kier molecular flexibility index (Phi) is 6.49. The molecule has 3 aromatic rings. The third-order valence-electron chi connectivity index (χ3n) is 4.49. The highest BCUT2D eigenvalue weighted by molar-refractivity contribution is 5.81. The number of hydrogen-bond donors (Lipinski definition) is 1. The van der Waals surface area contributed by atoms with Crippen molar-refractivity contribution >= 4 is 5.91 Å². The Hall–Kier alpha value is -3.35. The summed E-state index contributed by atoms with van der Waals surface area (Å²) in [6.07, 6.45) is -0.0609. The zero-order chi connectivity index (χ0) is 20.8. The van der Waals surface area contributed by atoms with E-state index in [9.17, 15) is 4.79 Å². The molecule has 0 fully saturated rings. The maximum atomic E-state index is 12.6. The lowest BCUT2D eigenvalue weighted by Crippen LogP contribution is -2.37. The summed E-state index contributed by atoms with van der Waals surface area (Å²) >= 11 is 0. The van der Waals surface area contributed by atoms with Gasteiger partial charge in [0.2, 0.25) is 11.7 Å². The Morgan fingerprint density at radius 3 is 2.79 bits per heavy atom. The molecule has 0 spiro atoms. The number of aromatic nitrogens is 2. The second-order valence-electron chi connectivity index (χ2n) is 6.75. The first-order valence-electron chi connectivity index (χ1n) is 9.48. The van der Waals surface area contributed by atoms with Crippen LogP contribution in [0.4, 0.5) is 0 Å².